The van der Waals surface area contributed by atoms with Crippen LogP contribution in [-0.4, -0.2) is 25.0 Å². The molecule has 0 aliphatic heterocycles. The lowest BCUT2D eigenvalue weighted by atomic mass is 10.3. The third kappa shape index (κ3) is 6.19. The summed E-state index contributed by atoms with van der Waals surface area (Å²) < 4.78 is 4.88. The lowest BCUT2D eigenvalue weighted by molar-refractivity contribution is 0.228. The molecule has 12 heavy (non-hydrogen) atoms. The second-order valence-electron chi connectivity index (χ2n) is 2.26. The normalized spacial score (nSPS) is 12.4. The Hall–Kier alpha value is -0.540. The second-order valence-corrected chi connectivity index (χ2v) is 3.26. The Morgan fingerprint density at radius 3 is 2.83 bits per heavy atom. The summed E-state index contributed by atoms with van der Waals surface area (Å²) in [5.74, 6) is 0. The van der Waals surface area contributed by atoms with Crippen LogP contribution in [0.2, 0.25) is 0 Å². The zero-order chi connectivity index (χ0) is 9.40. The number of ether oxygens (including phenoxy) is 1. The van der Waals surface area contributed by atoms with E-state index in [2.05, 4.69) is 11.6 Å². The Labute approximate surface area is 78.4 Å². The van der Waals surface area contributed by atoms with Crippen molar-refractivity contribution in [1.29, 1.82) is 0 Å². The molecule has 0 spiro atoms. The molecule has 0 amide bonds. The zero-order valence-corrected chi connectivity index (χ0v) is 8.65. The van der Waals surface area contributed by atoms with E-state index in [1.54, 1.807) is 25.1 Å². The molecule has 0 bridgehead atoms. The third-order valence-corrected chi connectivity index (χ3v) is 1.89. The fourth-order valence-electron chi connectivity index (χ4n) is 0.534. The third-order valence-electron chi connectivity index (χ3n) is 1.19. The fourth-order valence-corrected chi connectivity index (χ4v) is 0.700. The van der Waals surface area contributed by atoms with Crippen molar-refractivity contribution < 1.29 is 4.74 Å². The summed E-state index contributed by atoms with van der Waals surface area (Å²) in [6, 6.07) is 0. The number of nitrogens with zero attached hydrogens (tertiary/aromatic N) is 1. The highest BCUT2D eigenvalue weighted by Gasteiger charge is 1.84. The van der Waals surface area contributed by atoms with Crippen LogP contribution in [0, 0.1) is 0 Å². The van der Waals surface area contributed by atoms with Gasteiger partial charge in [-0.1, -0.05) is 6.58 Å². The van der Waals surface area contributed by atoms with Gasteiger partial charge in [0.05, 0.1) is 11.7 Å². The summed E-state index contributed by atoms with van der Waals surface area (Å²) in [6.45, 7) is 6.31. The van der Waals surface area contributed by atoms with Crippen LogP contribution in [0.4, 0.5) is 0 Å². The summed E-state index contributed by atoms with van der Waals surface area (Å²) in [4.78, 5) is 4.15. The van der Waals surface area contributed by atoms with Gasteiger partial charge in [0.1, 0.15) is 0 Å². The van der Waals surface area contributed by atoms with Crippen LogP contribution in [-0.2, 0) is 4.74 Å². The maximum absolute atomic E-state index is 4.88. The van der Waals surface area contributed by atoms with Crippen molar-refractivity contribution in [3.8, 4) is 0 Å². The molecule has 0 aromatic rings. The molecule has 0 heterocycles. The van der Waals surface area contributed by atoms with Gasteiger partial charge in [0, 0.05) is 13.3 Å². The Kier molecular flexibility index (Phi) is 6.81. The number of aliphatic imine (C=N–C) groups is 1. The smallest absolute Gasteiger partial charge is 0.0707 e. The maximum atomic E-state index is 4.88. The standard InChI is InChI=1S/C9H15NOS/c1-8(7-11-3)5-6-10-9(2)12-4/h5-6H,1,7H2,2-4H3/b6-5-,10-9?. The molecule has 3 heteroatoms. The highest BCUT2D eigenvalue weighted by molar-refractivity contribution is 8.13. The average Bonchev–Trinajstić information content (AvgIpc) is 2.04. The Morgan fingerprint density at radius 2 is 2.33 bits per heavy atom. The number of methoxy groups -OCH3 is 1. The molecule has 0 fully saturated rings. The topological polar surface area (TPSA) is 21.6 Å². The molecule has 0 N–H and O–H groups in total. The summed E-state index contributed by atoms with van der Waals surface area (Å²) in [5, 5.41) is 1.04. The first-order chi connectivity index (χ1) is 5.70. The average molecular weight is 185 g/mol. The number of hydrogen-bond acceptors (Lipinski definition) is 3. The van der Waals surface area contributed by atoms with Crippen LogP contribution in [0.5, 0.6) is 0 Å². The van der Waals surface area contributed by atoms with Crippen LogP contribution in [0.1, 0.15) is 6.92 Å². The molecule has 0 unspecified atom stereocenters. The van der Waals surface area contributed by atoms with Crippen LogP contribution in [0.25, 0.3) is 0 Å². The molecular formula is C9H15NOS. The van der Waals surface area contributed by atoms with E-state index >= 15 is 0 Å². The van der Waals surface area contributed by atoms with Crippen LogP contribution < -0.4 is 0 Å². The maximum Gasteiger partial charge on any atom is 0.0707 e. The molecule has 0 saturated heterocycles. The molecule has 0 atom stereocenters. The van der Waals surface area contributed by atoms with E-state index < -0.39 is 0 Å². The van der Waals surface area contributed by atoms with Gasteiger partial charge in [0.15, 0.2) is 0 Å². The molecule has 2 nitrogen and oxygen atoms in total. The van der Waals surface area contributed by atoms with Crippen molar-refractivity contribution in [3.63, 3.8) is 0 Å². The second kappa shape index (κ2) is 7.13. The van der Waals surface area contributed by atoms with Gasteiger partial charge in [-0.3, -0.25) is 4.99 Å². The minimum absolute atomic E-state index is 0.560. The molecule has 0 radical (unpaired) electrons. The van der Waals surface area contributed by atoms with Crippen molar-refractivity contribution in [2.24, 2.45) is 4.99 Å². The molecule has 68 valence electrons. The molecule has 0 rings (SSSR count). The zero-order valence-electron chi connectivity index (χ0n) is 7.83. The van der Waals surface area contributed by atoms with Crippen molar-refractivity contribution in [2.75, 3.05) is 20.0 Å². The number of thioether (sulfide) groups is 1. The molecule has 0 aliphatic rings. The van der Waals surface area contributed by atoms with E-state index in [0.29, 0.717) is 6.61 Å². The van der Waals surface area contributed by atoms with Crippen molar-refractivity contribution in [3.05, 3.63) is 24.4 Å². The number of rotatable bonds is 4. The van der Waals surface area contributed by atoms with Gasteiger partial charge in [0.25, 0.3) is 0 Å². The van der Waals surface area contributed by atoms with Crippen LogP contribution in [0.3, 0.4) is 0 Å². The SMILES string of the molecule is C=C(/C=C\N=C(C)SC)COC. The molecular weight excluding hydrogens is 170 g/mol. The van der Waals surface area contributed by atoms with Crippen molar-refractivity contribution in [1.82, 2.24) is 0 Å². The molecule has 0 aromatic heterocycles. The quantitative estimate of drug-likeness (QED) is 0.381. The molecule has 0 saturated carbocycles. The van der Waals surface area contributed by atoms with Gasteiger partial charge < -0.3 is 4.74 Å². The first kappa shape index (κ1) is 11.5. The summed E-state index contributed by atoms with van der Waals surface area (Å²) in [7, 11) is 1.65. The minimum atomic E-state index is 0.560. The highest BCUT2D eigenvalue weighted by atomic mass is 32.2. The number of hydrogen-bond donors (Lipinski definition) is 0. The van der Waals surface area contributed by atoms with Gasteiger partial charge in [-0.2, -0.15) is 0 Å². The molecule has 0 aromatic carbocycles. The van der Waals surface area contributed by atoms with Gasteiger partial charge >= 0.3 is 0 Å². The van der Waals surface area contributed by atoms with E-state index in [1.807, 2.05) is 19.3 Å². The van der Waals surface area contributed by atoms with Gasteiger partial charge in [0.2, 0.25) is 0 Å². The van der Waals surface area contributed by atoms with Gasteiger partial charge in [-0.25, -0.2) is 0 Å². The highest BCUT2D eigenvalue weighted by Crippen LogP contribution is 1.98. The van der Waals surface area contributed by atoms with Crippen molar-refractivity contribution >= 4 is 16.8 Å². The van der Waals surface area contributed by atoms with Crippen LogP contribution in [0.15, 0.2) is 29.4 Å². The van der Waals surface area contributed by atoms with E-state index in [0.717, 1.165) is 10.6 Å². The fraction of sp³-hybridized carbons (Fsp3) is 0.444. The Balaban J connectivity index is 3.83. The summed E-state index contributed by atoms with van der Waals surface area (Å²) in [5.41, 5.74) is 0.926. The van der Waals surface area contributed by atoms with Crippen LogP contribution >= 0.6 is 11.8 Å². The van der Waals surface area contributed by atoms with Crippen molar-refractivity contribution in [2.45, 2.75) is 6.92 Å². The lowest BCUT2D eigenvalue weighted by Gasteiger charge is -1.94. The van der Waals surface area contributed by atoms with E-state index in [1.165, 1.54) is 0 Å². The van der Waals surface area contributed by atoms with Gasteiger partial charge in [-0.05, 0) is 24.8 Å². The predicted molar refractivity (Wildman–Crippen MR) is 56.8 cm³/mol. The lowest BCUT2D eigenvalue weighted by Crippen LogP contribution is -1.88. The van der Waals surface area contributed by atoms with E-state index in [-0.39, 0.29) is 0 Å². The minimum Gasteiger partial charge on any atom is -0.380 e. The largest absolute Gasteiger partial charge is 0.380 e. The summed E-state index contributed by atoms with van der Waals surface area (Å²) in [6.07, 6.45) is 5.59. The summed E-state index contributed by atoms with van der Waals surface area (Å²) >= 11 is 1.63. The van der Waals surface area contributed by atoms with Gasteiger partial charge in [-0.15, -0.1) is 11.8 Å². The van der Waals surface area contributed by atoms with E-state index in [4.69, 9.17) is 4.74 Å². The van der Waals surface area contributed by atoms with E-state index in [9.17, 15) is 0 Å². The predicted octanol–water partition coefficient (Wildman–Crippen LogP) is 2.48. The Morgan fingerprint density at radius 1 is 1.67 bits per heavy atom. The first-order valence-electron chi connectivity index (χ1n) is 3.62. The molecule has 0 aliphatic carbocycles. The Bertz CT molecular complexity index is 197. The monoisotopic (exact) mass is 185 g/mol. The first-order valence-corrected chi connectivity index (χ1v) is 4.84.